The number of hydrogen-bond donors (Lipinski definition) is 1. The van der Waals surface area contributed by atoms with Crippen LogP contribution in [-0.4, -0.2) is 11.0 Å². The van der Waals surface area contributed by atoms with Gasteiger partial charge >= 0.3 is 0 Å². The first kappa shape index (κ1) is 10.1. The van der Waals surface area contributed by atoms with Gasteiger partial charge in [-0.25, -0.2) is 8.78 Å². The zero-order valence-electron chi connectivity index (χ0n) is 7.37. The van der Waals surface area contributed by atoms with Crippen LogP contribution in [0.2, 0.25) is 0 Å². The Balaban J connectivity index is 2.79. The van der Waals surface area contributed by atoms with Crippen molar-refractivity contribution >= 4 is 0 Å². The number of rotatable bonds is 3. The number of alkyl halides is 2. The quantitative estimate of drug-likeness (QED) is 0.783. The Hall–Kier alpha value is -1.03. The lowest BCUT2D eigenvalue weighted by Crippen LogP contribution is -2.17. The van der Waals surface area contributed by atoms with E-state index in [2.05, 4.69) is 4.98 Å². The lowest BCUT2D eigenvalue weighted by atomic mass is 10.1. The molecule has 2 nitrogen and oxygen atoms in total. The number of nitrogens with zero attached hydrogens (tertiary/aromatic N) is 1. The van der Waals surface area contributed by atoms with E-state index in [1.807, 2.05) is 6.92 Å². The van der Waals surface area contributed by atoms with Crippen LogP contribution in [0.4, 0.5) is 8.78 Å². The molecule has 72 valence electrons. The number of aromatic nitrogens is 1. The normalized spacial score (nSPS) is 13.3. The van der Waals surface area contributed by atoms with Gasteiger partial charge in [0.05, 0.1) is 0 Å². The van der Waals surface area contributed by atoms with Crippen LogP contribution in [0, 0.1) is 0 Å². The first-order valence-corrected chi connectivity index (χ1v) is 4.08. The largest absolute Gasteiger partial charge is 0.328 e. The summed E-state index contributed by atoms with van der Waals surface area (Å²) in [4.78, 5) is 3.56. The molecular weight excluding hydrogens is 174 g/mol. The summed E-state index contributed by atoms with van der Waals surface area (Å²) < 4.78 is 24.4. The molecule has 1 heterocycles. The Morgan fingerprint density at radius 2 is 2.23 bits per heavy atom. The molecule has 0 saturated heterocycles. The minimum absolute atomic E-state index is 0.0204. The van der Waals surface area contributed by atoms with Gasteiger partial charge in [0, 0.05) is 12.2 Å². The zero-order valence-corrected chi connectivity index (χ0v) is 7.37. The van der Waals surface area contributed by atoms with Gasteiger partial charge in [0.25, 0.3) is 6.43 Å². The van der Waals surface area contributed by atoms with Crippen LogP contribution in [0.1, 0.15) is 24.6 Å². The fourth-order valence-electron chi connectivity index (χ4n) is 1.11. The molecule has 0 amide bonds. The van der Waals surface area contributed by atoms with Crippen molar-refractivity contribution in [2.24, 2.45) is 5.73 Å². The van der Waals surface area contributed by atoms with E-state index in [0.29, 0.717) is 6.42 Å². The Kier molecular flexibility index (Phi) is 3.31. The van der Waals surface area contributed by atoms with Crippen molar-refractivity contribution in [2.75, 3.05) is 0 Å². The van der Waals surface area contributed by atoms with E-state index in [4.69, 9.17) is 5.73 Å². The molecule has 1 atom stereocenters. The maximum Gasteiger partial charge on any atom is 0.280 e. The first-order valence-electron chi connectivity index (χ1n) is 4.08. The average molecular weight is 186 g/mol. The van der Waals surface area contributed by atoms with Crippen LogP contribution in [0.3, 0.4) is 0 Å². The number of halogens is 2. The summed E-state index contributed by atoms with van der Waals surface area (Å²) >= 11 is 0. The SMILES string of the molecule is CC(N)Cc1ccnc(C(F)F)c1. The van der Waals surface area contributed by atoms with E-state index < -0.39 is 6.43 Å². The van der Waals surface area contributed by atoms with Crippen LogP contribution >= 0.6 is 0 Å². The molecule has 0 bridgehead atoms. The molecule has 2 N–H and O–H groups in total. The second-order valence-electron chi connectivity index (χ2n) is 3.07. The molecule has 1 aromatic rings. The molecule has 1 rings (SSSR count). The minimum Gasteiger partial charge on any atom is -0.328 e. The van der Waals surface area contributed by atoms with E-state index in [-0.39, 0.29) is 11.7 Å². The zero-order chi connectivity index (χ0) is 9.84. The highest BCUT2D eigenvalue weighted by atomic mass is 19.3. The van der Waals surface area contributed by atoms with Crippen molar-refractivity contribution < 1.29 is 8.78 Å². The van der Waals surface area contributed by atoms with Gasteiger partial charge in [0.15, 0.2) is 0 Å². The van der Waals surface area contributed by atoms with Gasteiger partial charge in [-0.3, -0.25) is 4.98 Å². The van der Waals surface area contributed by atoms with Crippen molar-refractivity contribution in [2.45, 2.75) is 25.8 Å². The molecule has 0 fully saturated rings. The van der Waals surface area contributed by atoms with Gasteiger partial charge in [0.1, 0.15) is 5.69 Å². The molecule has 0 aliphatic rings. The topological polar surface area (TPSA) is 38.9 Å². The minimum atomic E-state index is -2.51. The van der Waals surface area contributed by atoms with E-state index >= 15 is 0 Å². The number of nitrogens with two attached hydrogens (primary N) is 1. The van der Waals surface area contributed by atoms with Gasteiger partial charge in [-0.05, 0) is 31.0 Å². The highest BCUT2D eigenvalue weighted by molar-refractivity contribution is 5.17. The highest BCUT2D eigenvalue weighted by Crippen LogP contribution is 2.17. The monoisotopic (exact) mass is 186 g/mol. The fraction of sp³-hybridized carbons (Fsp3) is 0.444. The molecule has 0 aliphatic carbocycles. The Labute approximate surface area is 75.8 Å². The predicted octanol–water partition coefficient (Wildman–Crippen LogP) is 1.91. The molecule has 0 aromatic carbocycles. The molecule has 1 aromatic heterocycles. The summed E-state index contributed by atoms with van der Waals surface area (Å²) in [5, 5.41) is 0. The summed E-state index contributed by atoms with van der Waals surface area (Å²) in [5.41, 5.74) is 6.17. The molecule has 0 aliphatic heterocycles. The van der Waals surface area contributed by atoms with Crippen LogP contribution in [-0.2, 0) is 6.42 Å². The summed E-state index contributed by atoms with van der Waals surface area (Å²) in [6.07, 6.45) is -0.519. The molecular formula is C9H12F2N2. The third-order valence-electron chi connectivity index (χ3n) is 1.63. The van der Waals surface area contributed by atoms with Crippen LogP contribution in [0.5, 0.6) is 0 Å². The van der Waals surface area contributed by atoms with Crippen molar-refractivity contribution in [3.05, 3.63) is 29.6 Å². The summed E-state index contributed by atoms with van der Waals surface area (Å²) in [5.74, 6) is 0. The predicted molar refractivity (Wildman–Crippen MR) is 46.5 cm³/mol. The lowest BCUT2D eigenvalue weighted by molar-refractivity contribution is 0.146. The van der Waals surface area contributed by atoms with Crippen molar-refractivity contribution in [1.29, 1.82) is 0 Å². The molecule has 0 saturated carbocycles. The third kappa shape index (κ3) is 3.06. The van der Waals surface area contributed by atoms with E-state index in [9.17, 15) is 8.78 Å². The standard InChI is InChI=1S/C9H12F2N2/c1-6(12)4-7-2-3-13-8(5-7)9(10)11/h2-3,5-6,9H,4,12H2,1H3. The van der Waals surface area contributed by atoms with Gasteiger partial charge in [0.2, 0.25) is 0 Å². The smallest absolute Gasteiger partial charge is 0.280 e. The van der Waals surface area contributed by atoms with Crippen LogP contribution < -0.4 is 5.73 Å². The van der Waals surface area contributed by atoms with E-state index in [1.54, 1.807) is 6.07 Å². The van der Waals surface area contributed by atoms with Crippen molar-refractivity contribution in [3.63, 3.8) is 0 Å². The second-order valence-corrected chi connectivity index (χ2v) is 3.07. The van der Waals surface area contributed by atoms with Crippen LogP contribution in [0.25, 0.3) is 0 Å². The second kappa shape index (κ2) is 4.28. The summed E-state index contributed by atoms with van der Waals surface area (Å²) in [6, 6.07) is 3.08. The Bertz CT molecular complexity index is 274. The average Bonchev–Trinajstić information content (AvgIpc) is 2.03. The summed E-state index contributed by atoms with van der Waals surface area (Å²) in [7, 11) is 0. The molecule has 0 radical (unpaired) electrons. The van der Waals surface area contributed by atoms with Crippen molar-refractivity contribution in [3.8, 4) is 0 Å². The van der Waals surface area contributed by atoms with Crippen molar-refractivity contribution in [1.82, 2.24) is 4.98 Å². The highest BCUT2D eigenvalue weighted by Gasteiger charge is 2.09. The van der Waals surface area contributed by atoms with Gasteiger partial charge < -0.3 is 5.73 Å². The maximum atomic E-state index is 12.2. The first-order chi connectivity index (χ1) is 6.09. The Morgan fingerprint density at radius 1 is 1.54 bits per heavy atom. The van der Waals surface area contributed by atoms with E-state index in [0.717, 1.165) is 5.56 Å². The maximum absolute atomic E-state index is 12.2. The number of pyridine rings is 1. The lowest BCUT2D eigenvalue weighted by Gasteiger charge is -2.06. The number of hydrogen-bond acceptors (Lipinski definition) is 2. The van der Waals surface area contributed by atoms with Crippen LogP contribution in [0.15, 0.2) is 18.3 Å². The molecule has 1 unspecified atom stereocenters. The molecule has 4 heteroatoms. The fourth-order valence-corrected chi connectivity index (χ4v) is 1.11. The van der Waals surface area contributed by atoms with Gasteiger partial charge in [-0.15, -0.1) is 0 Å². The van der Waals surface area contributed by atoms with Gasteiger partial charge in [-0.2, -0.15) is 0 Å². The Morgan fingerprint density at radius 3 is 2.77 bits per heavy atom. The van der Waals surface area contributed by atoms with E-state index in [1.165, 1.54) is 12.3 Å². The molecule has 0 spiro atoms. The van der Waals surface area contributed by atoms with Gasteiger partial charge in [-0.1, -0.05) is 0 Å². The third-order valence-corrected chi connectivity index (χ3v) is 1.63. The summed E-state index contributed by atoms with van der Waals surface area (Å²) in [6.45, 7) is 1.84. The molecule has 13 heavy (non-hydrogen) atoms.